The average molecular weight is 420 g/mol. The third-order valence-corrected chi connectivity index (χ3v) is 4.64. The molecule has 0 aromatic heterocycles. The summed E-state index contributed by atoms with van der Waals surface area (Å²) in [6.07, 6.45) is 0. The van der Waals surface area contributed by atoms with Crippen molar-refractivity contribution in [3.8, 4) is 0 Å². The summed E-state index contributed by atoms with van der Waals surface area (Å²) in [7, 11) is 0. The Hall–Kier alpha value is -0.300. The van der Waals surface area contributed by atoms with Crippen molar-refractivity contribution in [1.82, 2.24) is 0 Å². The molecule has 0 saturated carbocycles. The number of thiocarbonyl (C=S) groups is 1. The first kappa shape index (κ1) is 15.1. The molecule has 1 nitrogen and oxygen atoms in total. The molecule has 0 amide bonds. The zero-order valence-electron chi connectivity index (χ0n) is 9.90. The van der Waals surface area contributed by atoms with E-state index in [0.29, 0.717) is 0 Å². The van der Waals surface area contributed by atoms with Crippen molar-refractivity contribution in [2.45, 2.75) is 5.75 Å². The van der Waals surface area contributed by atoms with Crippen molar-refractivity contribution in [3.05, 3.63) is 62.7 Å². The second-order valence-corrected chi connectivity index (χ2v) is 7.17. The maximum atomic E-state index is 5.85. The van der Waals surface area contributed by atoms with Crippen LogP contribution in [0, 0.1) is 3.57 Å². The van der Waals surface area contributed by atoms with Crippen LogP contribution in [0.3, 0.4) is 0 Å². The van der Waals surface area contributed by atoms with Crippen molar-refractivity contribution in [1.29, 1.82) is 0 Å². The molecule has 0 unspecified atom stereocenters. The minimum atomic E-state index is 0.758. The lowest BCUT2D eigenvalue weighted by Crippen LogP contribution is -2.04. The van der Waals surface area contributed by atoms with Crippen molar-refractivity contribution >= 4 is 68.2 Å². The second-order valence-electron chi connectivity index (χ2n) is 3.83. The highest BCUT2D eigenvalue weighted by molar-refractivity contribution is 14.1. The Balaban J connectivity index is 1.84. The maximum Gasteiger partial charge on any atom is 0.138 e. The number of benzene rings is 2. The maximum absolute atomic E-state index is 5.85. The molecule has 2 aromatic carbocycles. The molecule has 0 bridgehead atoms. The number of nitrogens with one attached hydrogen (secondary N) is 1. The Morgan fingerprint density at radius 2 is 1.74 bits per heavy atom. The molecular weight excluding hydrogens is 409 g/mol. The van der Waals surface area contributed by atoms with Crippen molar-refractivity contribution in [3.63, 3.8) is 0 Å². The molecule has 1 N–H and O–H groups in total. The number of thioether (sulfide) groups is 1. The van der Waals surface area contributed by atoms with Crippen molar-refractivity contribution in [2.24, 2.45) is 0 Å². The molecule has 5 heteroatoms. The van der Waals surface area contributed by atoms with Gasteiger partial charge in [0, 0.05) is 20.0 Å². The molecule has 98 valence electrons. The van der Waals surface area contributed by atoms with E-state index in [-0.39, 0.29) is 0 Å². The standard InChI is InChI=1S/C14H11ClINS2/c15-11-3-1-10(2-4-11)9-19-14(18)17-13-7-5-12(16)6-8-13/h1-8H,9H2,(H,17,18). The molecule has 0 aliphatic rings. The lowest BCUT2D eigenvalue weighted by atomic mass is 10.2. The normalized spacial score (nSPS) is 10.2. The number of halogens is 2. The van der Waals surface area contributed by atoms with Crippen LogP contribution >= 0.6 is 58.2 Å². The number of hydrogen-bond acceptors (Lipinski definition) is 2. The summed E-state index contributed by atoms with van der Waals surface area (Å²) in [5.41, 5.74) is 2.23. The Labute approximate surface area is 141 Å². The molecule has 2 aromatic rings. The number of anilines is 1. The first-order valence-corrected chi connectivity index (χ1v) is 8.42. The van der Waals surface area contributed by atoms with Gasteiger partial charge in [0.1, 0.15) is 4.32 Å². The van der Waals surface area contributed by atoms with Crippen LogP contribution in [0.5, 0.6) is 0 Å². The molecule has 0 spiro atoms. The van der Waals surface area contributed by atoms with Gasteiger partial charge < -0.3 is 5.32 Å². The van der Waals surface area contributed by atoms with Crippen LogP contribution in [0.25, 0.3) is 0 Å². The van der Waals surface area contributed by atoms with E-state index in [0.717, 1.165) is 20.8 Å². The summed E-state index contributed by atoms with van der Waals surface area (Å²) >= 11 is 15.1. The minimum Gasteiger partial charge on any atom is -0.341 e. The van der Waals surface area contributed by atoms with Crippen molar-refractivity contribution in [2.75, 3.05) is 5.32 Å². The van der Waals surface area contributed by atoms with Crippen LogP contribution in [0.1, 0.15) is 5.56 Å². The zero-order valence-corrected chi connectivity index (χ0v) is 14.4. The summed E-state index contributed by atoms with van der Waals surface area (Å²) in [6, 6.07) is 16.0. The van der Waals surface area contributed by atoms with Gasteiger partial charge in [0.05, 0.1) is 0 Å². The highest BCUT2D eigenvalue weighted by atomic mass is 127. The lowest BCUT2D eigenvalue weighted by Gasteiger charge is -2.07. The number of hydrogen-bond donors (Lipinski definition) is 1. The molecule has 0 saturated heterocycles. The van der Waals surface area contributed by atoms with E-state index in [1.807, 2.05) is 36.4 Å². The van der Waals surface area contributed by atoms with Gasteiger partial charge in [0.15, 0.2) is 0 Å². The zero-order chi connectivity index (χ0) is 13.7. The molecule has 0 heterocycles. The Bertz CT molecular complexity index is 555. The molecule has 0 radical (unpaired) electrons. The minimum absolute atomic E-state index is 0.758. The van der Waals surface area contributed by atoms with Gasteiger partial charge in [-0.2, -0.15) is 0 Å². The fraction of sp³-hybridized carbons (Fsp3) is 0.0714. The van der Waals surface area contributed by atoms with Crippen LogP contribution in [-0.4, -0.2) is 4.32 Å². The lowest BCUT2D eigenvalue weighted by molar-refractivity contribution is 1.42. The van der Waals surface area contributed by atoms with E-state index in [1.165, 1.54) is 9.13 Å². The largest absolute Gasteiger partial charge is 0.341 e. The van der Waals surface area contributed by atoms with E-state index < -0.39 is 0 Å². The van der Waals surface area contributed by atoms with Crippen LogP contribution < -0.4 is 5.32 Å². The van der Waals surface area contributed by atoms with Gasteiger partial charge in [-0.3, -0.25) is 0 Å². The summed E-state index contributed by atoms with van der Waals surface area (Å²) < 4.78 is 1.99. The molecule has 19 heavy (non-hydrogen) atoms. The highest BCUT2D eigenvalue weighted by Gasteiger charge is 2.00. The first-order valence-electron chi connectivity index (χ1n) is 5.57. The Kier molecular flexibility index (Phi) is 5.94. The monoisotopic (exact) mass is 419 g/mol. The van der Waals surface area contributed by atoms with E-state index >= 15 is 0 Å². The molecular formula is C14H11ClINS2. The number of rotatable bonds is 3. The quantitative estimate of drug-likeness (QED) is 0.515. The third-order valence-electron chi connectivity index (χ3n) is 2.37. The summed E-state index contributed by atoms with van der Waals surface area (Å²) in [6.45, 7) is 0. The molecule has 0 aliphatic heterocycles. The van der Waals surface area contributed by atoms with Crippen LogP contribution in [0.15, 0.2) is 48.5 Å². The molecule has 0 aliphatic carbocycles. The summed E-state index contributed by atoms with van der Waals surface area (Å²) in [5, 5.41) is 3.97. The van der Waals surface area contributed by atoms with Crippen molar-refractivity contribution < 1.29 is 0 Å². The molecule has 0 atom stereocenters. The van der Waals surface area contributed by atoms with E-state index in [2.05, 4.69) is 40.0 Å². The first-order chi connectivity index (χ1) is 9.13. The Morgan fingerprint density at radius 1 is 1.11 bits per heavy atom. The molecule has 0 fully saturated rings. The highest BCUT2D eigenvalue weighted by Crippen LogP contribution is 2.19. The predicted octanol–water partition coefficient (Wildman–Crippen LogP) is 5.57. The van der Waals surface area contributed by atoms with E-state index in [9.17, 15) is 0 Å². The smallest absolute Gasteiger partial charge is 0.138 e. The summed E-state index contributed by atoms with van der Waals surface area (Å²) in [4.78, 5) is 0. The average Bonchev–Trinajstić information content (AvgIpc) is 2.41. The van der Waals surface area contributed by atoms with E-state index in [4.69, 9.17) is 23.8 Å². The van der Waals surface area contributed by atoms with E-state index in [1.54, 1.807) is 11.8 Å². The fourth-order valence-electron chi connectivity index (χ4n) is 1.42. The van der Waals surface area contributed by atoms with Gasteiger partial charge in [0.25, 0.3) is 0 Å². The van der Waals surface area contributed by atoms with Gasteiger partial charge in [-0.25, -0.2) is 0 Å². The SMILES string of the molecule is S=C(Nc1ccc(I)cc1)SCc1ccc(Cl)cc1. The Morgan fingerprint density at radius 3 is 2.37 bits per heavy atom. The van der Waals surface area contributed by atoms with Gasteiger partial charge in [-0.05, 0) is 64.6 Å². The van der Waals surface area contributed by atoms with Crippen LogP contribution in [0.4, 0.5) is 5.69 Å². The van der Waals surface area contributed by atoms with Gasteiger partial charge in [-0.15, -0.1) is 0 Å². The predicted molar refractivity (Wildman–Crippen MR) is 98.1 cm³/mol. The van der Waals surface area contributed by atoms with Crippen LogP contribution in [0.2, 0.25) is 5.02 Å². The van der Waals surface area contributed by atoms with Crippen LogP contribution in [-0.2, 0) is 5.75 Å². The fourth-order valence-corrected chi connectivity index (χ4v) is 2.88. The summed E-state index contributed by atoms with van der Waals surface area (Å²) in [5.74, 6) is 0.841. The van der Waals surface area contributed by atoms with Gasteiger partial charge >= 0.3 is 0 Å². The van der Waals surface area contributed by atoms with Gasteiger partial charge in [0.2, 0.25) is 0 Å². The topological polar surface area (TPSA) is 12.0 Å². The second kappa shape index (κ2) is 7.47. The third kappa shape index (κ3) is 5.30. The van der Waals surface area contributed by atoms with Gasteiger partial charge in [-0.1, -0.05) is 47.7 Å². The molecule has 2 rings (SSSR count).